The molecular formula is C18H18N2O2S. The van der Waals surface area contributed by atoms with Crippen molar-refractivity contribution in [1.82, 2.24) is 4.98 Å². The molecule has 5 heteroatoms. The summed E-state index contributed by atoms with van der Waals surface area (Å²) in [7, 11) is 0. The van der Waals surface area contributed by atoms with Crippen LogP contribution in [0.4, 0.5) is 5.69 Å². The van der Waals surface area contributed by atoms with Crippen LogP contribution in [0, 0.1) is 6.92 Å². The second-order valence-electron chi connectivity index (χ2n) is 5.14. The first-order valence-electron chi connectivity index (χ1n) is 7.33. The van der Waals surface area contributed by atoms with Crippen LogP contribution in [0.2, 0.25) is 0 Å². The number of hydrogen-bond acceptors (Lipinski definition) is 5. The number of nitrogens with two attached hydrogens (primary N) is 1. The highest BCUT2D eigenvalue weighted by Gasteiger charge is 2.05. The Balaban J connectivity index is 1.53. The molecule has 1 aromatic heterocycles. The summed E-state index contributed by atoms with van der Waals surface area (Å²) in [6.45, 7) is 2.95. The van der Waals surface area contributed by atoms with E-state index in [9.17, 15) is 0 Å². The number of nitrogen functional groups attached to an aromatic ring is 1. The molecule has 0 fully saturated rings. The lowest BCUT2D eigenvalue weighted by Crippen LogP contribution is -2.10. The summed E-state index contributed by atoms with van der Waals surface area (Å²) >= 11 is 1.56. The Morgan fingerprint density at radius 1 is 1.04 bits per heavy atom. The Morgan fingerprint density at radius 2 is 1.83 bits per heavy atom. The number of nitrogens with zero attached hydrogens (tertiary/aromatic N) is 1. The van der Waals surface area contributed by atoms with Gasteiger partial charge in [0.25, 0.3) is 0 Å². The van der Waals surface area contributed by atoms with E-state index in [2.05, 4.69) is 4.98 Å². The molecule has 0 unspecified atom stereocenters. The number of anilines is 1. The predicted molar refractivity (Wildman–Crippen MR) is 94.1 cm³/mol. The zero-order valence-electron chi connectivity index (χ0n) is 12.9. The summed E-state index contributed by atoms with van der Waals surface area (Å²) in [4.78, 5) is 4.27. The molecule has 0 saturated heterocycles. The second kappa shape index (κ2) is 7.15. The van der Waals surface area contributed by atoms with Gasteiger partial charge in [0.15, 0.2) is 0 Å². The number of ether oxygens (including phenoxy) is 2. The third-order valence-corrected chi connectivity index (χ3v) is 3.95. The van der Waals surface area contributed by atoms with Crippen molar-refractivity contribution in [3.8, 4) is 22.8 Å². The van der Waals surface area contributed by atoms with Gasteiger partial charge in [-0.2, -0.15) is 0 Å². The summed E-state index contributed by atoms with van der Waals surface area (Å²) in [5, 5.41) is 1.99. The lowest BCUT2D eigenvalue weighted by Gasteiger charge is -2.11. The zero-order chi connectivity index (χ0) is 16.1. The number of thiazole rings is 1. The van der Waals surface area contributed by atoms with Crippen molar-refractivity contribution in [2.24, 2.45) is 0 Å². The molecule has 0 aliphatic carbocycles. The van der Waals surface area contributed by atoms with Crippen molar-refractivity contribution in [2.45, 2.75) is 6.92 Å². The standard InChI is InChI=1S/C18H18N2O2S/c1-13-2-5-15(6-3-13)21-8-9-22-18-7-4-14(10-16(18)19)17-11-23-12-20-17/h2-7,10-12H,8-9,19H2,1H3. The Kier molecular flexibility index (Phi) is 4.78. The highest BCUT2D eigenvalue weighted by atomic mass is 32.1. The first kappa shape index (κ1) is 15.4. The summed E-state index contributed by atoms with van der Waals surface area (Å²) in [6, 6.07) is 13.7. The molecule has 0 atom stereocenters. The number of aromatic nitrogens is 1. The van der Waals surface area contributed by atoms with Gasteiger partial charge in [0.05, 0.1) is 16.9 Å². The van der Waals surface area contributed by atoms with E-state index in [0.717, 1.165) is 17.0 Å². The summed E-state index contributed by atoms with van der Waals surface area (Å²) in [6.07, 6.45) is 0. The fraction of sp³-hybridized carbons (Fsp3) is 0.167. The van der Waals surface area contributed by atoms with E-state index < -0.39 is 0 Å². The number of rotatable bonds is 6. The minimum absolute atomic E-state index is 0.439. The topological polar surface area (TPSA) is 57.4 Å². The molecule has 1 heterocycles. The van der Waals surface area contributed by atoms with Gasteiger partial charge in [0.1, 0.15) is 24.7 Å². The molecule has 0 aliphatic heterocycles. The van der Waals surface area contributed by atoms with Gasteiger partial charge in [-0.25, -0.2) is 4.98 Å². The summed E-state index contributed by atoms with van der Waals surface area (Å²) in [5.41, 5.74) is 11.6. The zero-order valence-corrected chi connectivity index (χ0v) is 13.7. The number of aryl methyl sites for hydroxylation is 1. The average molecular weight is 326 g/mol. The Labute approximate surface area is 139 Å². The molecule has 2 N–H and O–H groups in total. The predicted octanol–water partition coefficient (Wildman–Crippen LogP) is 4.16. The largest absolute Gasteiger partial charge is 0.490 e. The first-order valence-corrected chi connectivity index (χ1v) is 8.27. The molecule has 0 amide bonds. The third-order valence-electron chi connectivity index (χ3n) is 3.37. The van der Waals surface area contributed by atoms with Crippen molar-refractivity contribution >= 4 is 17.0 Å². The normalized spacial score (nSPS) is 10.5. The first-order chi connectivity index (χ1) is 11.2. The van der Waals surface area contributed by atoms with Gasteiger partial charge in [0.2, 0.25) is 0 Å². The van der Waals surface area contributed by atoms with Gasteiger partial charge in [0, 0.05) is 10.9 Å². The van der Waals surface area contributed by atoms with Crippen molar-refractivity contribution in [3.63, 3.8) is 0 Å². The monoisotopic (exact) mass is 326 g/mol. The van der Waals surface area contributed by atoms with E-state index in [4.69, 9.17) is 15.2 Å². The summed E-state index contributed by atoms with van der Waals surface area (Å²) < 4.78 is 11.3. The van der Waals surface area contributed by atoms with Crippen molar-refractivity contribution in [3.05, 3.63) is 58.9 Å². The summed E-state index contributed by atoms with van der Waals surface area (Å²) in [5.74, 6) is 1.50. The molecule has 4 nitrogen and oxygen atoms in total. The van der Waals surface area contributed by atoms with Crippen LogP contribution in [0.15, 0.2) is 53.4 Å². The maximum atomic E-state index is 6.05. The van der Waals surface area contributed by atoms with Crippen LogP contribution in [0.1, 0.15) is 5.56 Å². The van der Waals surface area contributed by atoms with Crippen LogP contribution in [0.25, 0.3) is 11.3 Å². The molecule has 0 aliphatic rings. The molecular weight excluding hydrogens is 308 g/mol. The number of benzene rings is 2. The minimum atomic E-state index is 0.439. The maximum absolute atomic E-state index is 6.05. The van der Waals surface area contributed by atoms with E-state index in [1.54, 1.807) is 16.8 Å². The lowest BCUT2D eigenvalue weighted by atomic mass is 10.1. The van der Waals surface area contributed by atoms with E-state index >= 15 is 0 Å². The number of hydrogen-bond donors (Lipinski definition) is 1. The minimum Gasteiger partial charge on any atom is -0.490 e. The van der Waals surface area contributed by atoms with Crippen molar-refractivity contribution < 1.29 is 9.47 Å². The molecule has 3 rings (SSSR count). The van der Waals surface area contributed by atoms with Crippen LogP contribution in [0.3, 0.4) is 0 Å². The van der Waals surface area contributed by atoms with Gasteiger partial charge in [-0.05, 0) is 37.3 Å². The van der Waals surface area contributed by atoms with Crippen LogP contribution in [-0.4, -0.2) is 18.2 Å². The van der Waals surface area contributed by atoms with Gasteiger partial charge in [-0.3, -0.25) is 0 Å². The SMILES string of the molecule is Cc1ccc(OCCOc2ccc(-c3cscn3)cc2N)cc1. The lowest BCUT2D eigenvalue weighted by molar-refractivity contribution is 0.218. The van der Waals surface area contributed by atoms with Crippen LogP contribution in [0.5, 0.6) is 11.5 Å². The van der Waals surface area contributed by atoms with Gasteiger partial charge in [-0.1, -0.05) is 17.7 Å². The molecule has 0 saturated carbocycles. The van der Waals surface area contributed by atoms with Gasteiger partial charge >= 0.3 is 0 Å². The van der Waals surface area contributed by atoms with Crippen molar-refractivity contribution in [1.29, 1.82) is 0 Å². The Hall–Kier alpha value is -2.53. The van der Waals surface area contributed by atoms with Gasteiger partial charge in [-0.15, -0.1) is 11.3 Å². The molecule has 118 valence electrons. The van der Waals surface area contributed by atoms with Gasteiger partial charge < -0.3 is 15.2 Å². The fourth-order valence-electron chi connectivity index (χ4n) is 2.14. The van der Waals surface area contributed by atoms with Crippen molar-refractivity contribution in [2.75, 3.05) is 18.9 Å². The molecule has 23 heavy (non-hydrogen) atoms. The molecule has 3 aromatic rings. The van der Waals surface area contributed by atoms with E-state index in [1.165, 1.54) is 5.56 Å². The van der Waals surface area contributed by atoms with Crippen LogP contribution < -0.4 is 15.2 Å². The Morgan fingerprint density at radius 3 is 2.52 bits per heavy atom. The van der Waals surface area contributed by atoms with E-state index in [-0.39, 0.29) is 0 Å². The van der Waals surface area contributed by atoms with Crippen LogP contribution in [-0.2, 0) is 0 Å². The molecule has 0 radical (unpaired) electrons. The molecule has 2 aromatic carbocycles. The highest BCUT2D eigenvalue weighted by molar-refractivity contribution is 7.07. The Bertz CT molecular complexity index is 755. The quantitative estimate of drug-likeness (QED) is 0.546. The van der Waals surface area contributed by atoms with E-state index in [0.29, 0.717) is 24.7 Å². The maximum Gasteiger partial charge on any atom is 0.142 e. The second-order valence-corrected chi connectivity index (χ2v) is 5.85. The smallest absolute Gasteiger partial charge is 0.142 e. The van der Waals surface area contributed by atoms with E-state index in [1.807, 2.05) is 54.8 Å². The highest BCUT2D eigenvalue weighted by Crippen LogP contribution is 2.28. The fourth-order valence-corrected chi connectivity index (χ4v) is 2.70. The average Bonchev–Trinajstić information content (AvgIpc) is 3.09. The van der Waals surface area contributed by atoms with Crippen LogP contribution >= 0.6 is 11.3 Å². The molecule has 0 bridgehead atoms. The molecule has 0 spiro atoms. The third kappa shape index (κ3) is 4.02.